The molecule has 1 fully saturated rings. The van der Waals surface area contributed by atoms with Crippen LogP contribution in [-0.2, 0) is 4.74 Å². The average Bonchev–Trinajstić information content (AvgIpc) is 3.09. The van der Waals surface area contributed by atoms with E-state index < -0.39 is 24.4 Å². The summed E-state index contributed by atoms with van der Waals surface area (Å²) in [7, 11) is 0. The minimum Gasteiger partial charge on any atom is -0.388 e. The van der Waals surface area contributed by atoms with Gasteiger partial charge in [-0.3, -0.25) is 5.10 Å². The fourth-order valence-electron chi connectivity index (χ4n) is 2.91. The van der Waals surface area contributed by atoms with Gasteiger partial charge >= 0.3 is 0 Å². The molecule has 124 valence electrons. The number of ether oxygens (including phenoxy) is 1. The van der Waals surface area contributed by atoms with Crippen LogP contribution in [0.3, 0.4) is 0 Å². The Morgan fingerprint density at radius 1 is 1.00 bits per heavy atom. The molecular formula is C17H17N3O4. The lowest BCUT2D eigenvalue weighted by atomic mass is 10.00. The molecule has 1 aliphatic rings. The topological polar surface area (TPSA) is 111 Å². The highest BCUT2D eigenvalue weighted by molar-refractivity contribution is 5.86. The normalized spacial score (nSPS) is 27.5. The molecule has 0 aliphatic carbocycles. The van der Waals surface area contributed by atoms with Crippen LogP contribution in [0.4, 0.5) is 0 Å². The van der Waals surface area contributed by atoms with Crippen molar-refractivity contribution in [1.82, 2.24) is 15.2 Å². The molecule has 4 N–H and O–H groups in total. The first-order valence-electron chi connectivity index (χ1n) is 7.71. The molecule has 0 spiro atoms. The Balaban J connectivity index is 1.64. The Morgan fingerprint density at radius 3 is 2.62 bits per heavy atom. The lowest BCUT2D eigenvalue weighted by Gasteiger charge is -2.33. The van der Waals surface area contributed by atoms with E-state index in [9.17, 15) is 15.3 Å². The third kappa shape index (κ3) is 2.57. The molecule has 24 heavy (non-hydrogen) atoms. The van der Waals surface area contributed by atoms with Crippen LogP contribution >= 0.6 is 0 Å². The summed E-state index contributed by atoms with van der Waals surface area (Å²) in [6, 6.07) is 13.9. The van der Waals surface area contributed by atoms with Gasteiger partial charge in [0, 0.05) is 5.56 Å². The molecule has 1 aliphatic heterocycles. The highest BCUT2D eigenvalue weighted by Crippen LogP contribution is 2.28. The molecule has 2 heterocycles. The molecule has 1 aromatic heterocycles. The maximum Gasteiger partial charge on any atom is 0.181 e. The van der Waals surface area contributed by atoms with Crippen molar-refractivity contribution in [3.63, 3.8) is 0 Å². The summed E-state index contributed by atoms with van der Waals surface area (Å²) in [5, 5.41) is 38.5. The Labute approximate surface area is 137 Å². The van der Waals surface area contributed by atoms with Crippen molar-refractivity contribution >= 4 is 10.8 Å². The van der Waals surface area contributed by atoms with Crippen LogP contribution in [0.5, 0.6) is 0 Å². The zero-order valence-electron chi connectivity index (χ0n) is 12.7. The number of fused-ring (bicyclic) bond motifs is 1. The zero-order chi connectivity index (χ0) is 16.7. The minimum atomic E-state index is -1.28. The number of H-pyrrole nitrogens is 1. The van der Waals surface area contributed by atoms with Crippen molar-refractivity contribution in [3.8, 4) is 11.4 Å². The van der Waals surface area contributed by atoms with Gasteiger partial charge in [-0.05, 0) is 16.8 Å². The fraction of sp³-hybridized carbons (Fsp3) is 0.294. The van der Waals surface area contributed by atoms with E-state index in [2.05, 4.69) is 15.2 Å². The van der Waals surface area contributed by atoms with Gasteiger partial charge < -0.3 is 20.1 Å². The second-order valence-corrected chi connectivity index (χ2v) is 5.91. The molecule has 4 rings (SSSR count). The van der Waals surface area contributed by atoms with Crippen LogP contribution in [0.1, 0.15) is 11.9 Å². The van der Waals surface area contributed by atoms with E-state index in [1.54, 1.807) is 0 Å². The zero-order valence-corrected chi connectivity index (χ0v) is 12.7. The summed E-state index contributed by atoms with van der Waals surface area (Å²) in [5.74, 6) is 0.795. The number of aliphatic hydroxyl groups is 3. The van der Waals surface area contributed by atoms with Crippen molar-refractivity contribution in [2.24, 2.45) is 0 Å². The van der Waals surface area contributed by atoms with E-state index >= 15 is 0 Å². The highest BCUT2D eigenvalue weighted by Gasteiger charge is 2.40. The largest absolute Gasteiger partial charge is 0.388 e. The summed E-state index contributed by atoms with van der Waals surface area (Å²) >= 11 is 0. The second kappa shape index (κ2) is 5.95. The third-order valence-electron chi connectivity index (χ3n) is 4.28. The molecular weight excluding hydrogens is 310 g/mol. The number of hydrogen-bond donors (Lipinski definition) is 4. The number of nitrogens with one attached hydrogen (secondary N) is 1. The molecule has 7 nitrogen and oxygen atoms in total. The van der Waals surface area contributed by atoms with Gasteiger partial charge in [-0.15, -0.1) is 0 Å². The number of nitrogens with zero attached hydrogens (tertiary/aromatic N) is 2. The number of hydrogen-bond acceptors (Lipinski definition) is 6. The highest BCUT2D eigenvalue weighted by atomic mass is 16.5. The van der Waals surface area contributed by atoms with Crippen molar-refractivity contribution in [3.05, 3.63) is 48.3 Å². The van der Waals surface area contributed by atoms with Gasteiger partial charge in [0.05, 0.1) is 6.61 Å². The standard InChI is InChI=1S/C17H17N3O4/c21-12-8-24-15(14(23)13(12)22)17-18-16(19-20-17)11-6-5-9-3-1-2-4-10(9)7-11/h1-7,12-15,21-23H,8H2,(H,18,19,20)/t12-,13+,14-,15?/m1/s1. The van der Waals surface area contributed by atoms with Crippen LogP contribution in [0.25, 0.3) is 22.2 Å². The van der Waals surface area contributed by atoms with Gasteiger partial charge in [0.1, 0.15) is 24.4 Å². The Kier molecular flexibility index (Phi) is 3.78. The molecule has 0 amide bonds. The molecule has 4 atom stereocenters. The predicted molar refractivity (Wildman–Crippen MR) is 86.0 cm³/mol. The summed E-state index contributed by atoms with van der Waals surface area (Å²) in [6.07, 6.45) is -4.52. The molecule has 3 aromatic rings. The third-order valence-corrected chi connectivity index (χ3v) is 4.28. The lowest BCUT2D eigenvalue weighted by molar-refractivity contribution is -0.191. The van der Waals surface area contributed by atoms with Crippen LogP contribution < -0.4 is 0 Å². The summed E-state index contributed by atoms with van der Waals surface area (Å²) in [4.78, 5) is 4.38. The van der Waals surface area contributed by atoms with Gasteiger partial charge in [0.2, 0.25) is 0 Å². The van der Waals surface area contributed by atoms with E-state index in [4.69, 9.17) is 4.74 Å². The molecule has 0 bridgehead atoms. The molecule has 0 saturated carbocycles. The monoisotopic (exact) mass is 327 g/mol. The van der Waals surface area contributed by atoms with E-state index in [0.717, 1.165) is 16.3 Å². The van der Waals surface area contributed by atoms with Crippen molar-refractivity contribution in [1.29, 1.82) is 0 Å². The smallest absolute Gasteiger partial charge is 0.181 e. The van der Waals surface area contributed by atoms with E-state index in [1.807, 2.05) is 42.5 Å². The van der Waals surface area contributed by atoms with E-state index in [1.165, 1.54) is 0 Å². The van der Waals surface area contributed by atoms with Gasteiger partial charge in [0.25, 0.3) is 0 Å². The first-order chi connectivity index (χ1) is 11.6. The Bertz CT molecular complexity index is 866. The average molecular weight is 327 g/mol. The maximum atomic E-state index is 10.1. The maximum absolute atomic E-state index is 10.1. The van der Waals surface area contributed by atoms with Crippen LogP contribution in [-0.4, -0.2) is 55.4 Å². The van der Waals surface area contributed by atoms with Crippen LogP contribution in [0.2, 0.25) is 0 Å². The van der Waals surface area contributed by atoms with E-state index in [0.29, 0.717) is 11.6 Å². The Morgan fingerprint density at radius 2 is 1.79 bits per heavy atom. The van der Waals surface area contributed by atoms with Crippen LogP contribution in [0.15, 0.2) is 42.5 Å². The number of aliphatic hydroxyl groups excluding tert-OH is 3. The summed E-state index contributed by atoms with van der Waals surface area (Å²) in [6.45, 7) is -0.0745. The van der Waals surface area contributed by atoms with Gasteiger partial charge in [0.15, 0.2) is 11.6 Å². The number of aromatic nitrogens is 3. The molecule has 7 heteroatoms. The SMILES string of the molecule is O[C@H]1[C@H](O)COC(c2nc(-c3ccc4ccccc4c3)n[nH]2)[C@@H]1O. The molecule has 1 saturated heterocycles. The van der Waals surface area contributed by atoms with E-state index in [-0.39, 0.29) is 6.61 Å². The first kappa shape index (κ1) is 15.2. The van der Waals surface area contributed by atoms with Gasteiger partial charge in [-0.2, -0.15) is 5.10 Å². The summed E-state index contributed by atoms with van der Waals surface area (Å²) < 4.78 is 5.38. The second-order valence-electron chi connectivity index (χ2n) is 5.91. The van der Waals surface area contributed by atoms with Crippen molar-refractivity contribution in [2.75, 3.05) is 6.61 Å². The minimum absolute atomic E-state index is 0.0745. The lowest BCUT2D eigenvalue weighted by Crippen LogP contribution is -2.49. The quantitative estimate of drug-likeness (QED) is 0.553. The fourth-order valence-corrected chi connectivity index (χ4v) is 2.91. The van der Waals surface area contributed by atoms with Gasteiger partial charge in [-0.1, -0.05) is 36.4 Å². The molecule has 2 aromatic carbocycles. The number of aromatic amines is 1. The van der Waals surface area contributed by atoms with Crippen molar-refractivity contribution < 1.29 is 20.1 Å². The molecule has 1 unspecified atom stereocenters. The first-order valence-corrected chi connectivity index (χ1v) is 7.71. The Hall–Kier alpha value is -2.32. The van der Waals surface area contributed by atoms with Gasteiger partial charge in [-0.25, -0.2) is 4.98 Å². The summed E-state index contributed by atoms with van der Waals surface area (Å²) in [5.41, 5.74) is 0.835. The van der Waals surface area contributed by atoms with Crippen LogP contribution in [0, 0.1) is 0 Å². The number of rotatable bonds is 2. The number of benzene rings is 2. The predicted octanol–water partition coefficient (Wildman–Crippen LogP) is 0.779. The molecule has 0 radical (unpaired) electrons. The van der Waals surface area contributed by atoms with Crippen molar-refractivity contribution in [2.45, 2.75) is 24.4 Å².